The molecule has 154 valence electrons. The van der Waals surface area contributed by atoms with Crippen molar-refractivity contribution in [2.24, 2.45) is 0 Å². The van der Waals surface area contributed by atoms with Crippen LogP contribution in [-0.2, 0) is 11.0 Å². The molecule has 30 heavy (non-hydrogen) atoms. The molecule has 0 spiro atoms. The second-order valence-corrected chi connectivity index (χ2v) is 7.01. The Bertz CT molecular complexity index is 1120. The zero-order valence-electron chi connectivity index (χ0n) is 15.8. The summed E-state index contributed by atoms with van der Waals surface area (Å²) in [5.74, 6) is -0.878. The van der Waals surface area contributed by atoms with Crippen molar-refractivity contribution in [3.63, 3.8) is 0 Å². The molecule has 1 unspecified atom stereocenters. The largest absolute Gasteiger partial charge is 0.416 e. The van der Waals surface area contributed by atoms with Gasteiger partial charge in [-0.05, 0) is 29.8 Å². The van der Waals surface area contributed by atoms with Gasteiger partial charge in [-0.2, -0.15) is 18.3 Å². The predicted octanol–water partition coefficient (Wildman–Crippen LogP) is 3.70. The second-order valence-electron chi connectivity index (χ2n) is 7.01. The Labute approximate surface area is 169 Å². The van der Waals surface area contributed by atoms with Gasteiger partial charge >= 0.3 is 6.18 Å². The summed E-state index contributed by atoms with van der Waals surface area (Å²) in [4.78, 5) is 26.6. The van der Waals surface area contributed by atoms with Gasteiger partial charge in [0, 0.05) is 31.4 Å². The fourth-order valence-electron chi connectivity index (χ4n) is 3.45. The molecule has 2 aromatic carbocycles. The van der Waals surface area contributed by atoms with Crippen LogP contribution in [0.5, 0.6) is 0 Å². The Kier molecular flexibility index (Phi) is 4.81. The lowest BCUT2D eigenvalue weighted by atomic mass is 9.89. The Morgan fingerprint density at radius 3 is 2.67 bits per heavy atom. The Morgan fingerprint density at radius 2 is 1.90 bits per heavy atom. The standard InChI is InChI=1S/C21H17F3N4O2/c1-27-12-17(15-7-2-3-8-16(15)20(27)30)19(29)25-18-9-10-28(26-18)14-6-4-5-13(11-14)21(22,23)24/h2-11,17H,12H2,1H3,(H,25,26,29). The fourth-order valence-corrected chi connectivity index (χ4v) is 3.45. The zero-order valence-corrected chi connectivity index (χ0v) is 15.8. The maximum absolute atomic E-state index is 12.9. The van der Waals surface area contributed by atoms with E-state index < -0.39 is 17.7 Å². The van der Waals surface area contributed by atoms with Crippen LogP contribution in [0.4, 0.5) is 19.0 Å². The van der Waals surface area contributed by atoms with E-state index in [1.54, 1.807) is 31.3 Å². The van der Waals surface area contributed by atoms with Gasteiger partial charge < -0.3 is 10.2 Å². The first kappa shape index (κ1) is 19.7. The highest BCUT2D eigenvalue weighted by molar-refractivity contribution is 6.03. The molecule has 1 aliphatic rings. The number of carbonyl (C=O) groups is 2. The second kappa shape index (κ2) is 7.33. The van der Waals surface area contributed by atoms with Crippen LogP contribution in [0.1, 0.15) is 27.4 Å². The van der Waals surface area contributed by atoms with E-state index in [0.29, 0.717) is 11.1 Å². The number of carbonyl (C=O) groups excluding carboxylic acids is 2. The van der Waals surface area contributed by atoms with Crippen LogP contribution >= 0.6 is 0 Å². The van der Waals surface area contributed by atoms with Crippen LogP contribution in [0.15, 0.2) is 60.8 Å². The fraction of sp³-hybridized carbons (Fsp3) is 0.190. The van der Waals surface area contributed by atoms with Crippen molar-refractivity contribution in [3.8, 4) is 5.69 Å². The zero-order chi connectivity index (χ0) is 21.5. The maximum Gasteiger partial charge on any atom is 0.416 e. The number of fused-ring (bicyclic) bond motifs is 1. The number of benzene rings is 2. The molecule has 1 aromatic heterocycles. The van der Waals surface area contributed by atoms with E-state index in [-0.39, 0.29) is 29.9 Å². The van der Waals surface area contributed by atoms with Crippen molar-refractivity contribution in [2.75, 3.05) is 18.9 Å². The molecule has 0 radical (unpaired) electrons. The van der Waals surface area contributed by atoms with Crippen LogP contribution in [0, 0.1) is 0 Å². The molecule has 1 N–H and O–H groups in total. The minimum absolute atomic E-state index is 0.150. The van der Waals surface area contributed by atoms with Gasteiger partial charge in [0.05, 0.1) is 17.2 Å². The van der Waals surface area contributed by atoms with Crippen LogP contribution in [0.3, 0.4) is 0 Å². The minimum atomic E-state index is -4.46. The molecule has 0 fully saturated rings. The van der Waals surface area contributed by atoms with E-state index in [9.17, 15) is 22.8 Å². The van der Waals surface area contributed by atoms with Crippen LogP contribution in [0.25, 0.3) is 5.69 Å². The first-order valence-corrected chi connectivity index (χ1v) is 9.12. The molecule has 0 saturated heterocycles. The van der Waals surface area contributed by atoms with Gasteiger partial charge in [0.1, 0.15) is 0 Å². The lowest BCUT2D eigenvalue weighted by Gasteiger charge is -2.30. The van der Waals surface area contributed by atoms with Gasteiger partial charge in [0.15, 0.2) is 5.82 Å². The first-order chi connectivity index (χ1) is 14.2. The van der Waals surface area contributed by atoms with Gasteiger partial charge in [-0.25, -0.2) is 4.68 Å². The number of alkyl halides is 3. The summed E-state index contributed by atoms with van der Waals surface area (Å²) in [5.41, 5.74) is 0.544. The van der Waals surface area contributed by atoms with E-state index in [2.05, 4.69) is 10.4 Å². The van der Waals surface area contributed by atoms with Crippen molar-refractivity contribution in [3.05, 3.63) is 77.5 Å². The summed E-state index contributed by atoms with van der Waals surface area (Å²) in [5, 5.41) is 6.86. The Hall–Kier alpha value is -3.62. The van der Waals surface area contributed by atoms with Crippen LogP contribution in [-0.4, -0.2) is 40.1 Å². The highest BCUT2D eigenvalue weighted by Crippen LogP contribution is 2.31. The number of halogens is 3. The average Bonchev–Trinajstić information content (AvgIpc) is 3.18. The SMILES string of the molecule is CN1CC(C(=O)Nc2ccn(-c3cccc(C(F)(F)F)c3)n2)c2ccccc2C1=O. The molecule has 0 aliphatic carbocycles. The number of anilines is 1. The molecular weight excluding hydrogens is 397 g/mol. The van der Waals surface area contributed by atoms with Gasteiger partial charge in [-0.1, -0.05) is 24.3 Å². The number of amides is 2. The summed E-state index contributed by atoms with van der Waals surface area (Å²) in [6.45, 7) is 0.218. The molecule has 1 aliphatic heterocycles. The number of hydrogen-bond acceptors (Lipinski definition) is 3. The number of nitrogens with one attached hydrogen (secondary N) is 1. The maximum atomic E-state index is 12.9. The summed E-state index contributed by atoms with van der Waals surface area (Å²) < 4.78 is 40.1. The van der Waals surface area contributed by atoms with E-state index in [1.165, 1.54) is 34.0 Å². The molecular formula is C21H17F3N4O2. The van der Waals surface area contributed by atoms with Crippen molar-refractivity contribution in [2.45, 2.75) is 12.1 Å². The minimum Gasteiger partial charge on any atom is -0.341 e. The van der Waals surface area contributed by atoms with Gasteiger partial charge in [0.25, 0.3) is 5.91 Å². The molecule has 0 bridgehead atoms. The van der Waals surface area contributed by atoms with Crippen molar-refractivity contribution >= 4 is 17.6 Å². The van der Waals surface area contributed by atoms with E-state index in [0.717, 1.165) is 12.1 Å². The highest BCUT2D eigenvalue weighted by Gasteiger charge is 2.34. The smallest absolute Gasteiger partial charge is 0.341 e. The number of rotatable bonds is 3. The summed E-state index contributed by atoms with van der Waals surface area (Å²) >= 11 is 0. The molecule has 0 saturated carbocycles. The highest BCUT2D eigenvalue weighted by atomic mass is 19.4. The van der Waals surface area contributed by atoms with Gasteiger partial charge in [-0.3, -0.25) is 9.59 Å². The number of aromatic nitrogens is 2. The van der Waals surface area contributed by atoms with E-state index >= 15 is 0 Å². The molecule has 4 rings (SSSR count). The van der Waals surface area contributed by atoms with Crippen molar-refractivity contribution in [1.82, 2.24) is 14.7 Å². The number of nitrogens with zero attached hydrogens (tertiary/aromatic N) is 3. The van der Waals surface area contributed by atoms with E-state index in [1.807, 2.05) is 0 Å². The van der Waals surface area contributed by atoms with E-state index in [4.69, 9.17) is 0 Å². The van der Waals surface area contributed by atoms with Crippen LogP contribution in [0.2, 0.25) is 0 Å². The third-order valence-corrected chi connectivity index (χ3v) is 4.96. The summed E-state index contributed by atoms with van der Waals surface area (Å²) in [6.07, 6.45) is -2.99. The third-order valence-electron chi connectivity index (χ3n) is 4.96. The lowest BCUT2D eigenvalue weighted by Crippen LogP contribution is -2.41. The van der Waals surface area contributed by atoms with Crippen molar-refractivity contribution in [1.29, 1.82) is 0 Å². The lowest BCUT2D eigenvalue weighted by molar-refractivity contribution is -0.137. The summed E-state index contributed by atoms with van der Waals surface area (Å²) in [7, 11) is 1.63. The normalized spacial score (nSPS) is 16.3. The monoisotopic (exact) mass is 414 g/mol. The quantitative estimate of drug-likeness (QED) is 0.711. The summed E-state index contributed by atoms with van der Waals surface area (Å²) in [6, 6.07) is 13.2. The van der Waals surface area contributed by atoms with Crippen molar-refractivity contribution < 1.29 is 22.8 Å². The third kappa shape index (κ3) is 3.66. The Balaban J connectivity index is 1.56. The van der Waals surface area contributed by atoms with Crippen LogP contribution < -0.4 is 5.32 Å². The molecule has 9 heteroatoms. The van der Waals surface area contributed by atoms with Gasteiger partial charge in [0.2, 0.25) is 5.91 Å². The molecule has 2 amide bonds. The molecule has 6 nitrogen and oxygen atoms in total. The Morgan fingerprint density at radius 1 is 1.13 bits per heavy atom. The van der Waals surface area contributed by atoms with Gasteiger partial charge in [-0.15, -0.1) is 0 Å². The number of hydrogen-bond donors (Lipinski definition) is 1. The number of likely N-dealkylation sites (N-methyl/N-ethyl adjacent to an activating group) is 1. The predicted molar refractivity (Wildman–Crippen MR) is 103 cm³/mol. The topological polar surface area (TPSA) is 67.2 Å². The first-order valence-electron chi connectivity index (χ1n) is 9.12. The molecule has 3 aromatic rings. The molecule has 1 atom stereocenters. The molecule has 2 heterocycles. The average molecular weight is 414 g/mol.